The first-order chi connectivity index (χ1) is 11.7. The second-order valence-corrected chi connectivity index (χ2v) is 7.72. The van der Waals surface area contributed by atoms with Crippen molar-refractivity contribution in [3.8, 4) is 5.75 Å². The Morgan fingerprint density at radius 2 is 1.72 bits per heavy atom. The zero-order valence-corrected chi connectivity index (χ0v) is 15.6. The van der Waals surface area contributed by atoms with Crippen molar-refractivity contribution in [1.82, 2.24) is 0 Å². The third-order valence-electron chi connectivity index (χ3n) is 3.84. The van der Waals surface area contributed by atoms with Gasteiger partial charge in [0.1, 0.15) is 12.3 Å². The number of hydrogen-bond donors (Lipinski definition) is 1. The molecule has 0 bridgehead atoms. The van der Waals surface area contributed by atoms with E-state index in [0.29, 0.717) is 17.1 Å². The molecule has 0 aromatic heterocycles. The minimum absolute atomic E-state index is 0.307. The fourth-order valence-corrected chi connectivity index (χ4v) is 3.16. The van der Waals surface area contributed by atoms with Crippen molar-refractivity contribution in [2.24, 2.45) is 0 Å². The third kappa shape index (κ3) is 4.96. The van der Waals surface area contributed by atoms with Crippen LogP contribution in [0.3, 0.4) is 0 Å². The minimum Gasteiger partial charge on any atom is -0.497 e. The molecule has 0 spiro atoms. The van der Waals surface area contributed by atoms with Crippen LogP contribution in [0.1, 0.15) is 11.1 Å². The van der Waals surface area contributed by atoms with Crippen molar-refractivity contribution in [1.29, 1.82) is 0 Å². The van der Waals surface area contributed by atoms with Crippen LogP contribution >= 0.6 is 0 Å². The molecular weight excluding hydrogens is 340 g/mol. The van der Waals surface area contributed by atoms with Crippen molar-refractivity contribution in [3.63, 3.8) is 0 Å². The molecule has 0 radical (unpaired) electrons. The summed E-state index contributed by atoms with van der Waals surface area (Å²) < 4.78 is 30.3. The van der Waals surface area contributed by atoms with Crippen molar-refractivity contribution in [2.75, 3.05) is 29.5 Å². The summed E-state index contributed by atoms with van der Waals surface area (Å²) in [6.07, 6.45) is 1.07. The molecule has 134 valence electrons. The van der Waals surface area contributed by atoms with Crippen LogP contribution < -0.4 is 14.4 Å². The molecule has 0 aliphatic carbocycles. The molecule has 7 heteroatoms. The standard InChI is InChI=1S/C18H22N2O4S/c1-13-5-6-15(11-14(13)2)19-18(21)12-20(25(4,22)23)16-7-9-17(24-3)10-8-16/h5-11H,12H2,1-4H3,(H,19,21). The number of aryl methyl sites for hydroxylation is 2. The van der Waals surface area contributed by atoms with Crippen LogP contribution in [0.15, 0.2) is 42.5 Å². The number of methoxy groups -OCH3 is 1. The van der Waals surface area contributed by atoms with E-state index in [0.717, 1.165) is 21.7 Å². The van der Waals surface area contributed by atoms with Gasteiger partial charge in [-0.3, -0.25) is 9.10 Å². The second-order valence-electron chi connectivity index (χ2n) is 5.81. The molecule has 25 heavy (non-hydrogen) atoms. The summed E-state index contributed by atoms with van der Waals surface area (Å²) in [4.78, 5) is 12.3. The van der Waals surface area contributed by atoms with Crippen LogP contribution in [0.2, 0.25) is 0 Å². The van der Waals surface area contributed by atoms with Crippen molar-refractivity contribution < 1.29 is 17.9 Å². The topological polar surface area (TPSA) is 75.7 Å². The molecule has 2 aromatic carbocycles. The molecule has 1 amide bonds. The molecule has 6 nitrogen and oxygen atoms in total. The molecule has 0 saturated carbocycles. The Balaban J connectivity index is 2.18. The number of sulfonamides is 1. The van der Waals surface area contributed by atoms with E-state index in [1.807, 2.05) is 26.0 Å². The Labute approximate surface area is 148 Å². The maximum absolute atomic E-state index is 12.3. The fraction of sp³-hybridized carbons (Fsp3) is 0.278. The van der Waals surface area contributed by atoms with Gasteiger partial charge in [0.25, 0.3) is 0 Å². The number of benzene rings is 2. The van der Waals surface area contributed by atoms with Gasteiger partial charge in [0.05, 0.1) is 19.1 Å². The van der Waals surface area contributed by atoms with Gasteiger partial charge in [-0.2, -0.15) is 0 Å². The number of anilines is 2. The predicted octanol–water partition coefficient (Wildman–Crippen LogP) is 2.72. The van der Waals surface area contributed by atoms with E-state index in [-0.39, 0.29) is 6.54 Å². The van der Waals surface area contributed by atoms with Gasteiger partial charge >= 0.3 is 0 Å². The quantitative estimate of drug-likeness (QED) is 0.857. The van der Waals surface area contributed by atoms with Crippen LogP contribution in [-0.4, -0.2) is 34.2 Å². The van der Waals surface area contributed by atoms with Gasteiger partial charge in [0, 0.05) is 5.69 Å². The average molecular weight is 362 g/mol. The Morgan fingerprint density at radius 3 is 2.24 bits per heavy atom. The molecule has 0 unspecified atom stereocenters. The number of nitrogens with one attached hydrogen (secondary N) is 1. The largest absolute Gasteiger partial charge is 0.497 e. The van der Waals surface area contributed by atoms with Gasteiger partial charge < -0.3 is 10.1 Å². The van der Waals surface area contributed by atoms with E-state index in [1.165, 1.54) is 7.11 Å². The van der Waals surface area contributed by atoms with Gasteiger partial charge in [-0.15, -0.1) is 0 Å². The van der Waals surface area contributed by atoms with Crippen LogP contribution in [0.5, 0.6) is 5.75 Å². The SMILES string of the molecule is COc1ccc(N(CC(=O)Nc2ccc(C)c(C)c2)S(C)(=O)=O)cc1. The Kier molecular flexibility index (Phi) is 5.69. The summed E-state index contributed by atoms with van der Waals surface area (Å²) in [5, 5.41) is 2.74. The summed E-state index contributed by atoms with van der Waals surface area (Å²) in [7, 11) is -2.08. The highest BCUT2D eigenvalue weighted by Gasteiger charge is 2.21. The monoisotopic (exact) mass is 362 g/mol. The number of hydrogen-bond acceptors (Lipinski definition) is 4. The molecule has 0 heterocycles. The van der Waals surface area contributed by atoms with E-state index < -0.39 is 15.9 Å². The van der Waals surface area contributed by atoms with Crippen LogP contribution in [-0.2, 0) is 14.8 Å². The molecule has 0 aliphatic rings. The smallest absolute Gasteiger partial charge is 0.245 e. The molecular formula is C18H22N2O4S. The lowest BCUT2D eigenvalue weighted by atomic mass is 10.1. The molecule has 2 aromatic rings. The third-order valence-corrected chi connectivity index (χ3v) is 4.98. The lowest BCUT2D eigenvalue weighted by Gasteiger charge is -2.22. The van der Waals surface area contributed by atoms with Crippen molar-refractivity contribution in [3.05, 3.63) is 53.6 Å². The van der Waals surface area contributed by atoms with Gasteiger partial charge in [-0.1, -0.05) is 6.07 Å². The van der Waals surface area contributed by atoms with Crippen LogP contribution in [0.25, 0.3) is 0 Å². The summed E-state index contributed by atoms with van der Waals surface area (Å²) in [5.41, 5.74) is 3.21. The van der Waals surface area contributed by atoms with E-state index >= 15 is 0 Å². The van der Waals surface area contributed by atoms with Gasteiger partial charge in [0.15, 0.2) is 0 Å². The zero-order valence-electron chi connectivity index (χ0n) is 14.7. The van der Waals surface area contributed by atoms with E-state index in [4.69, 9.17) is 4.74 Å². The Bertz CT molecular complexity index is 861. The number of nitrogens with zero attached hydrogens (tertiary/aromatic N) is 1. The second kappa shape index (κ2) is 7.57. The lowest BCUT2D eigenvalue weighted by molar-refractivity contribution is -0.114. The molecule has 0 atom stereocenters. The molecule has 0 aliphatic heterocycles. The van der Waals surface area contributed by atoms with Crippen LogP contribution in [0.4, 0.5) is 11.4 Å². The van der Waals surface area contributed by atoms with E-state index in [2.05, 4.69) is 5.32 Å². The molecule has 0 fully saturated rings. The Hall–Kier alpha value is -2.54. The number of carbonyl (C=O) groups excluding carboxylic acids is 1. The summed E-state index contributed by atoms with van der Waals surface area (Å²) in [6.45, 7) is 3.62. The minimum atomic E-state index is -3.61. The maximum Gasteiger partial charge on any atom is 0.245 e. The fourth-order valence-electron chi connectivity index (χ4n) is 2.30. The molecule has 1 N–H and O–H groups in total. The zero-order chi connectivity index (χ0) is 18.6. The van der Waals surface area contributed by atoms with Crippen LogP contribution in [0, 0.1) is 13.8 Å². The normalized spacial score (nSPS) is 11.0. The number of amides is 1. The average Bonchev–Trinajstić information content (AvgIpc) is 2.55. The lowest BCUT2D eigenvalue weighted by Crippen LogP contribution is -2.37. The number of carbonyl (C=O) groups is 1. The molecule has 2 rings (SSSR count). The summed E-state index contributed by atoms with van der Waals surface area (Å²) in [5.74, 6) is 0.196. The first kappa shape index (κ1) is 18.8. The molecule has 0 saturated heterocycles. The highest BCUT2D eigenvalue weighted by atomic mass is 32.2. The first-order valence-electron chi connectivity index (χ1n) is 7.69. The van der Waals surface area contributed by atoms with E-state index in [9.17, 15) is 13.2 Å². The number of ether oxygens (including phenoxy) is 1. The summed E-state index contributed by atoms with van der Waals surface area (Å²) in [6, 6.07) is 12.0. The van der Waals surface area contributed by atoms with Crippen molar-refractivity contribution >= 4 is 27.3 Å². The van der Waals surface area contributed by atoms with Gasteiger partial charge in [-0.05, 0) is 61.4 Å². The maximum atomic E-state index is 12.3. The Morgan fingerprint density at radius 1 is 1.08 bits per heavy atom. The van der Waals surface area contributed by atoms with Crippen molar-refractivity contribution in [2.45, 2.75) is 13.8 Å². The predicted molar refractivity (Wildman–Crippen MR) is 99.7 cm³/mol. The highest BCUT2D eigenvalue weighted by molar-refractivity contribution is 7.92. The highest BCUT2D eigenvalue weighted by Crippen LogP contribution is 2.21. The first-order valence-corrected chi connectivity index (χ1v) is 9.54. The van der Waals surface area contributed by atoms with E-state index in [1.54, 1.807) is 30.3 Å². The number of rotatable bonds is 6. The summed E-state index contributed by atoms with van der Waals surface area (Å²) >= 11 is 0. The van der Waals surface area contributed by atoms with Gasteiger partial charge in [0.2, 0.25) is 15.9 Å². The van der Waals surface area contributed by atoms with Gasteiger partial charge in [-0.25, -0.2) is 8.42 Å².